The molecule has 5 rings (SSSR count). The van der Waals surface area contributed by atoms with Crippen LogP contribution in [0.1, 0.15) is 53.7 Å². The highest BCUT2D eigenvalue weighted by atomic mass is 32.2. The second-order valence-electron chi connectivity index (χ2n) is 9.82. The van der Waals surface area contributed by atoms with E-state index in [1.807, 2.05) is 17.7 Å². The van der Waals surface area contributed by atoms with E-state index in [0.717, 1.165) is 60.9 Å². The zero-order valence-electron chi connectivity index (χ0n) is 20.3. The third-order valence-electron chi connectivity index (χ3n) is 7.36. The number of pyridine rings is 1. The lowest BCUT2D eigenvalue weighted by atomic mass is 9.97. The lowest BCUT2D eigenvalue weighted by molar-refractivity contribution is -0.137. The van der Waals surface area contributed by atoms with Gasteiger partial charge in [-0.2, -0.15) is 13.2 Å². The predicted octanol–water partition coefficient (Wildman–Crippen LogP) is 5.46. The Hall–Kier alpha value is -2.72. The Bertz CT molecular complexity index is 1240. The van der Waals surface area contributed by atoms with Crippen LogP contribution in [0, 0.1) is 5.41 Å². The van der Waals surface area contributed by atoms with Crippen LogP contribution in [-0.2, 0) is 13.2 Å². The Labute approximate surface area is 212 Å². The van der Waals surface area contributed by atoms with Gasteiger partial charge in [-0.3, -0.25) is 9.78 Å². The molecule has 10 heteroatoms. The molecule has 2 atom stereocenters. The van der Waals surface area contributed by atoms with Crippen molar-refractivity contribution in [2.75, 3.05) is 25.4 Å². The van der Waals surface area contributed by atoms with E-state index in [0.29, 0.717) is 17.4 Å². The van der Waals surface area contributed by atoms with Gasteiger partial charge < -0.3 is 9.47 Å². The summed E-state index contributed by atoms with van der Waals surface area (Å²) in [6.45, 7) is 4.54. The van der Waals surface area contributed by atoms with Gasteiger partial charge in [0.25, 0.3) is 0 Å². The maximum Gasteiger partial charge on any atom is 0.416 e. The second-order valence-corrected chi connectivity index (χ2v) is 10.9. The van der Waals surface area contributed by atoms with Crippen LogP contribution in [0.5, 0.6) is 0 Å². The largest absolute Gasteiger partial charge is 0.416 e. The first-order valence-electron chi connectivity index (χ1n) is 12.1. The molecule has 6 nitrogen and oxygen atoms in total. The zero-order valence-corrected chi connectivity index (χ0v) is 21.1. The van der Waals surface area contributed by atoms with Crippen molar-refractivity contribution in [2.24, 2.45) is 12.5 Å². The van der Waals surface area contributed by atoms with Gasteiger partial charge in [0.15, 0.2) is 16.8 Å². The Morgan fingerprint density at radius 1 is 1.17 bits per heavy atom. The Morgan fingerprint density at radius 2 is 1.94 bits per heavy atom. The van der Waals surface area contributed by atoms with Gasteiger partial charge in [0.05, 0.1) is 5.56 Å². The molecule has 2 fully saturated rings. The Kier molecular flexibility index (Phi) is 6.67. The first-order valence-corrected chi connectivity index (χ1v) is 13.0. The molecule has 1 aromatic carbocycles. The minimum atomic E-state index is -4.28. The van der Waals surface area contributed by atoms with Crippen molar-refractivity contribution in [1.29, 1.82) is 0 Å². The Balaban J connectivity index is 1.09. The minimum Gasteiger partial charge on any atom is -0.305 e. The van der Waals surface area contributed by atoms with Gasteiger partial charge in [0.1, 0.15) is 5.69 Å². The molecular weight excluding hydrogens is 487 g/mol. The molecule has 36 heavy (non-hydrogen) atoms. The van der Waals surface area contributed by atoms with Crippen LogP contribution in [0.3, 0.4) is 0 Å². The molecule has 2 aromatic heterocycles. The molecule has 1 aliphatic heterocycles. The lowest BCUT2D eigenvalue weighted by Gasteiger charge is -2.16. The van der Waals surface area contributed by atoms with Crippen molar-refractivity contribution in [1.82, 2.24) is 24.6 Å². The van der Waals surface area contributed by atoms with Gasteiger partial charge in [-0.15, -0.1) is 10.2 Å². The minimum absolute atomic E-state index is 0.0727. The summed E-state index contributed by atoms with van der Waals surface area (Å²) < 4.78 is 40.5. The molecule has 0 N–H and O–H groups in total. The molecule has 3 aromatic rings. The van der Waals surface area contributed by atoms with E-state index >= 15 is 0 Å². The first kappa shape index (κ1) is 25.0. The van der Waals surface area contributed by atoms with Crippen LogP contribution >= 0.6 is 11.8 Å². The fourth-order valence-electron chi connectivity index (χ4n) is 5.23. The molecule has 0 radical (unpaired) electrons. The van der Waals surface area contributed by atoms with Gasteiger partial charge in [0.2, 0.25) is 0 Å². The number of hydrogen-bond donors (Lipinski definition) is 0. The summed E-state index contributed by atoms with van der Waals surface area (Å²) in [5, 5.41) is 9.44. The third kappa shape index (κ3) is 5.06. The summed E-state index contributed by atoms with van der Waals surface area (Å²) >= 11 is 1.67. The van der Waals surface area contributed by atoms with E-state index in [2.05, 4.69) is 20.1 Å². The van der Waals surface area contributed by atoms with Crippen molar-refractivity contribution < 1.29 is 18.0 Å². The topological polar surface area (TPSA) is 63.9 Å². The van der Waals surface area contributed by atoms with E-state index in [9.17, 15) is 18.0 Å². The average Bonchev–Trinajstić information content (AvgIpc) is 3.20. The molecule has 3 heterocycles. The molecule has 0 amide bonds. The monoisotopic (exact) mass is 515 g/mol. The van der Waals surface area contributed by atoms with Gasteiger partial charge in [0, 0.05) is 38.0 Å². The number of nitrogens with zero attached hydrogens (tertiary/aromatic N) is 5. The van der Waals surface area contributed by atoms with Crippen LogP contribution < -0.4 is 0 Å². The summed E-state index contributed by atoms with van der Waals surface area (Å²) in [7, 11) is 1.93. The van der Waals surface area contributed by atoms with Gasteiger partial charge in [-0.1, -0.05) is 23.9 Å². The zero-order chi connectivity index (χ0) is 25.5. The van der Waals surface area contributed by atoms with Crippen molar-refractivity contribution in [3.8, 4) is 11.4 Å². The van der Waals surface area contributed by atoms with E-state index in [1.165, 1.54) is 19.1 Å². The summed E-state index contributed by atoms with van der Waals surface area (Å²) in [5.41, 5.74) is 1.93. The number of benzene rings is 1. The number of hydrogen-bond acceptors (Lipinski definition) is 6. The average molecular weight is 516 g/mol. The molecule has 2 aliphatic rings. The number of carbonyl (C=O) groups is 1. The SMILES string of the molecule is CC(=O)c1ccc(-c2nnc(SCCCN3CC[C@]4(CC4c4ccc(C(F)(F)F)cc4)C3)n2C)cn1. The second kappa shape index (κ2) is 9.63. The van der Waals surface area contributed by atoms with Crippen LogP contribution in [-0.4, -0.2) is 55.8 Å². The predicted molar refractivity (Wildman–Crippen MR) is 132 cm³/mol. The van der Waals surface area contributed by atoms with E-state index in [4.69, 9.17) is 0 Å². The smallest absolute Gasteiger partial charge is 0.305 e. The summed E-state index contributed by atoms with van der Waals surface area (Å²) in [5.74, 6) is 1.93. The number of likely N-dealkylation sites (tertiary alicyclic amines) is 1. The maximum atomic E-state index is 12.8. The molecule has 1 aliphatic carbocycles. The van der Waals surface area contributed by atoms with Gasteiger partial charge >= 0.3 is 6.18 Å². The first-order chi connectivity index (χ1) is 17.2. The number of halogens is 3. The van der Waals surface area contributed by atoms with E-state index < -0.39 is 11.7 Å². The van der Waals surface area contributed by atoms with Crippen molar-refractivity contribution in [2.45, 2.75) is 43.4 Å². The summed E-state index contributed by atoms with van der Waals surface area (Å²) in [6.07, 6.45) is 0.549. The van der Waals surface area contributed by atoms with Crippen molar-refractivity contribution in [3.05, 3.63) is 59.4 Å². The van der Waals surface area contributed by atoms with Gasteiger partial charge in [-0.05, 0) is 73.5 Å². The standard InChI is InChI=1S/C26H28F3N5OS/c1-17(35)22-9-6-19(15-30-22)23-31-32-24(33(23)2)36-13-3-11-34-12-10-25(16-34)14-21(25)18-4-7-20(8-5-18)26(27,28)29/h4-9,15,21H,3,10-14,16H2,1-2H3/t21?,25-/m0/s1. The third-order valence-corrected chi connectivity index (χ3v) is 8.47. The molecule has 1 saturated carbocycles. The van der Waals surface area contributed by atoms with Crippen LogP contribution in [0.25, 0.3) is 11.4 Å². The highest BCUT2D eigenvalue weighted by Crippen LogP contribution is 2.64. The summed E-state index contributed by atoms with van der Waals surface area (Å²) in [4.78, 5) is 18.1. The summed E-state index contributed by atoms with van der Waals surface area (Å²) in [6, 6.07) is 9.27. The Morgan fingerprint density at radius 3 is 2.61 bits per heavy atom. The number of rotatable bonds is 8. The highest BCUT2D eigenvalue weighted by molar-refractivity contribution is 7.99. The number of alkyl halides is 3. The molecule has 1 saturated heterocycles. The molecule has 190 valence electrons. The fraction of sp³-hybridized carbons (Fsp3) is 0.462. The number of aromatic nitrogens is 4. The number of Topliss-reactive ketones (excluding diaryl/α,β-unsaturated/α-hetero) is 1. The number of carbonyl (C=O) groups excluding carboxylic acids is 1. The molecule has 1 spiro atoms. The molecular formula is C26H28F3N5OS. The lowest BCUT2D eigenvalue weighted by Crippen LogP contribution is -2.23. The number of ketones is 1. The normalized spacial score (nSPS) is 21.9. The fourth-order valence-corrected chi connectivity index (χ4v) is 6.06. The van der Waals surface area contributed by atoms with E-state index in [1.54, 1.807) is 36.2 Å². The highest BCUT2D eigenvalue weighted by Gasteiger charge is 2.57. The molecule has 0 bridgehead atoms. The van der Waals surface area contributed by atoms with Crippen molar-refractivity contribution >= 4 is 17.5 Å². The maximum absolute atomic E-state index is 12.8. The van der Waals surface area contributed by atoms with Crippen LogP contribution in [0.2, 0.25) is 0 Å². The van der Waals surface area contributed by atoms with Crippen molar-refractivity contribution in [3.63, 3.8) is 0 Å². The van der Waals surface area contributed by atoms with Crippen LogP contribution in [0.4, 0.5) is 13.2 Å². The quantitative estimate of drug-likeness (QED) is 0.226. The van der Waals surface area contributed by atoms with Gasteiger partial charge in [-0.25, -0.2) is 0 Å². The molecule has 1 unspecified atom stereocenters. The van der Waals surface area contributed by atoms with E-state index in [-0.39, 0.29) is 11.2 Å². The number of thioether (sulfide) groups is 1. The van der Waals surface area contributed by atoms with Crippen LogP contribution in [0.15, 0.2) is 47.8 Å².